The predicted octanol–water partition coefficient (Wildman–Crippen LogP) is 2.01. The summed E-state index contributed by atoms with van der Waals surface area (Å²) in [5.74, 6) is 0.986. The smallest absolute Gasteiger partial charge is 0.228 e. The van der Waals surface area contributed by atoms with Crippen molar-refractivity contribution >= 4 is 17.2 Å². The van der Waals surface area contributed by atoms with Gasteiger partial charge in [0.05, 0.1) is 17.1 Å². The van der Waals surface area contributed by atoms with Crippen LogP contribution in [0.4, 0.5) is 0 Å². The van der Waals surface area contributed by atoms with E-state index in [2.05, 4.69) is 9.97 Å². The highest BCUT2D eigenvalue weighted by molar-refractivity contribution is 7.11. The van der Waals surface area contributed by atoms with Gasteiger partial charge in [-0.1, -0.05) is 0 Å². The molecule has 0 bridgehead atoms. The van der Waals surface area contributed by atoms with Crippen LogP contribution >= 0.6 is 11.3 Å². The number of hydrogen-bond donors (Lipinski definition) is 1. The molecule has 2 aromatic heterocycles. The molecule has 0 aromatic carbocycles. The first-order chi connectivity index (χ1) is 11.5. The normalized spacial score (nSPS) is 17.2. The summed E-state index contributed by atoms with van der Waals surface area (Å²) in [4.78, 5) is 24.2. The number of carbonyl (C=O) groups excluding carboxylic acids is 1. The van der Waals surface area contributed by atoms with E-state index in [0.717, 1.165) is 28.4 Å². The second-order valence-electron chi connectivity index (χ2n) is 6.47. The number of likely N-dealkylation sites (tertiary alicyclic amines) is 1. The Bertz CT molecular complexity index is 716. The molecule has 1 fully saturated rings. The summed E-state index contributed by atoms with van der Waals surface area (Å²) in [7, 11) is 1.89. The number of aromatic nitrogens is 3. The summed E-state index contributed by atoms with van der Waals surface area (Å²) in [6.45, 7) is 5.36. The number of aliphatic hydroxyl groups excluding tert-OH is 1. The van der Waals surface area contributed by atoms with Gasteiger partial charge in [0.25, 0.3) is 0 Å². The van der Waals surface area contributed by atoms with Gasteiger partial charge < -0.3 is 14.6 Å². The Balaban J connectivity index is 1.56. The van der Waals surface area contributed by atoms with E-state index in [0.29, 0.717) is 25.3 Å². The van der Waals surface area contributed by atoms with Crippen molar-refractivity contribution in [1.29, 1.82) is 0 Å². The largest absolute Gasteiger partial charge is 0.385 e. The molecule has 1 N–H and O–H groups in total. The number of rotatable bonds is 4. The Kier molecular flexibility index (Phi) is 5.01. The zero-order valence-corrected chi connectivity index (χ0v) is 15.2. The molecule has 130 valence electrons. The number of imidazole rings is 1. The Morgan fingerprint density at radius 3 is 2.67 bits per heavy atom. The SMILES string of the molecule is Cc1nc(CC(=O)N2CCC([C@H](O)c3nccn3C)CC2)c(C)s1. The molecule has 3 rings (SSSR count). The number of aliphatic hydroxyl groups is 1. The fraction of sp³-hybridized carbons (Fsp3) is 0.588. The Morgan fingerprint density at radius 1 is 1.42 bits per heavy atom. The molecule has 6 nitrogen and oxygen atoms in total. The predicted molar refractivity (Wildman–Crippen MR) is 92.8 cm³/mol. The molecule has 1 saturated heterocycles. The van der Waals surface area contributed by atoms with Crippen LogP contribution in [0.15, 0.2) is 12.4 Å². The maximum Gasteiger partial charge on any atom is 0.228 e. The molecule has 2 aromatic rings. The molecule has 1 aliphatic rings. The van der Waals surface area contributed by atoms with Crippen LogP contribution < -0.4 is 0 Å². The molecule has 0 unspecified atom stereocenters. The molecule has 1 amide bonds. The van der Waals surface area contributed by atoms with Gasteiger partial charge in [0, 0.05) is 37.4 Å². The van der Waals surface area contributed by atoms with E-state index >= 15 is 0 Å². The van der Waals surface area contributed by atoms with Crippen LogP contribution in [-0.4, -0.2) is 43.5 Å². The lowest BCUT2D eigenvalue weighted by molar-refractivity contribution is -0.132. The van der Waals surface area contributed by atoms with Crippen molar-refractivity contribution in [2.45, 2.75) is 39.2 Å². The molecule has 1 aliphatic heterocycles. The fourth-order valence-corrected chi connectivity index (χ4v) is 4.16. The number of piperidine rings is 1. The van der Waals surface area contributed by atoms with Gasteiger partial charge >= 0.3 is 0 Å². The highest BCUT2D eigenvalue weighted by Gasteiger charge is 2.30. The maximum atomic E-state index is 12.5. The molecule has 0 aliphatic carbocycles. The van der Waals surface area contributed by atoms with Gasteiger partial charge in [0.15, 0.2) is 0 Å². The number of amides is 1. The van der Waals surface area contributed by atoms with Crippen LogP contribution in [0, 0.1) is 19.8 Å². The van der Waals surface area contributed by atoms with E-state index in [4.69, 9.17) is 0 Å². The third-order valence-corrected chi connectivity index (χ3v) is 5.71. The van der Waals surface area contributed by atoms with Crippen molar-refractivity contribution in [2.75, 3.05) is 13.1 Å². The average molecular weight is 348 g/mol. The van der Waals surface area contributed by atoms with Crippen LogP contribution in [0.1, 0.15) is 40.3 Å². The van der Waals surface area contributed by atoms with Gasteiger partial charge in [-0.3, -0.25) is 4.79 Å². The number of hydrogen-bond acceptors (Lipinski definition) is 5. The highest BCUT2D eigenvalue weighted by Crippen LogP contribution is 2.30. The van der Waals surface area contributed by atoms with E-state index in [9.17, 15) is 9.90 Å². The third-order valence-electron chi connectivity index (χ3n) is 4.78. The number of carbonyl (C=O) groups is 1. The van der Waals surface area contributed by atoms with Crippen molar-refractivity contribution in [1.82, 2.24) is 19.4 Å². The lowest BCUT2D eigenvalue weighted by Crippen LogP contribution is -2.40. The monoisotopic (exact) mass is 348 g/mol. The fourth-order valence-electron chi connectivity index (χ4n) is 3.33. The second kappa shape index (κ2) is 7.03. The molecule has 24 heavy (non-hydrogen) atoms. The second-order valence-corrected chi connectivity index (χ2v) is 7.88. The topological polar surface area (TPSA) is 71.2 Å². The summed E-state index contributed by atoms with van der Waals surface area (Å²) in [6.07, 6.45) is 4.96. The van der Waals surface area contributed by atoms with Crippen molar-refractivity contribution in [3.63, 3.8) is 0 Å². The first kappa shape index (κ1) is 17.1. The van der Waals surface area contributed by atoms with Crippen LogP contribution in [0.2, 0.25) is 0 Å². The lowest BCUT2D eigenvalue weighted by Gasteiger charge is -2.34. The first-order valence-corrected chi connectivity index (χ1v) is 9.13. The minimum absolute atomic E-state index is 0.133. The summed E-state index contributed by atoms with van der Waals surface area (Å²) in [6, 6.07) is 0. The van der Waals surface area contributed by atoms with E-state index in [1.54, 1.807) is 17.5 Å². The van der Waals surface area contributed by atoms with Crippen molar-refractivity contribution < 1.29 is 9.90 Å². The number of thiazole rings is 1. The van der Waals surface area contributed by atoms with Crippen molar-refractivity contribution in [3.05, 3.63) is 33.8 Å². The van der Waals surface area contributed by atoms with Crippen LogP contribution in [0.25, 0.3) is 0 Å². The van der Waals surface area contributed by atoms with Gasteiger partial charge in [-0.25, -0.2) is 9.97 Å². The molecule has 3 heterocycles. The quantitative estimate of drug-likeness (QED) is 0.917. The van der Waals surface area contributed by atoms with Crippen LogP contribution in [0.3, 0.4) is 0 Å². The summed E-state index contributed by atoms with van der Waals surface area (Å²) in [5, 5.41) is 11.5. The van der Waals surface area contributed by atoms with Gasteiger partial charge in [0.1, 0.15) is 11.9 Å². The van der Waals surface area contributed by atoms with Crippen LogP contribution in [-0.2, 0) is 18.3 Å². The van der Waals surface area contributed by atoms with E-state index < -0.39 is 6.10 Å². The number of aryl methyl sites for hydroxylation is 3. The van der Waals surface area contributed by atoms with Crippen molar-refractivity contribution in [3.8, 4) is 0 Å². The highest BCUT2D eigenvalue weighted by atomic mass is 32.1. The van der Waals surface area contributed by atoms with Crippen LogP contribution in [0.5, 0.6) is 0 Å². The van der Waals surface area contributed by atoms with Gasteiger partial charge in [-0.15, -0.1) is 11.3 Å². The van der Waals surface area contributed by atoms with Gasteiger partial charge in [-0.05, 0) is 32.6 Å². The zero-order valence-electron chi connectivity index (χ0n) is 14.4. The number of nitrogens with zero attached hydrogens (tertiary/aromatic N) is 4. The van der Waals surface area contributed by atoms with Gasteiger partial charge in [0.2, 0.25) is 5.91 Å². The summed E-state index contributed by atoms with van der Waals surface area (Å²) >= 11 is 1.64. The summed E-state index contributed by atoms with van der Waals surface area (Å²) in [5.41, 5.74) is 0.901. The summed E-state index contributed by atoms with van der Waals surface area (Å²) < 4.78 is 1.86. The zero-order chi connectivity index (χ0) is 17.3. The van der Waals surface area contributed by atoms with E-state index in [1.165, 1.54) is 0 Å². The lowest BCUT2D eigenvalue weighted by atomic mass is 9.90. The molecular weight excluding hydrogens is 324 g/mol. The first-order valence-electron chi connectivity index (χ1n) is 8.31. The molecule has 0 saturated carbocycles. The minimum atomic E-state index is -0.564. The maximum absolute atomic E-state index is 12.5. The molecule has 7 heteroatoms. The van der Waals surface area contributed by atoms with Crippen molar-refractivity contribution in [2.24, 2.45) is 13.0 Å². The average Bonchev–Trinajstić information content (AvgIpc) is 3.12. The molecular formula is C17H24N4O2S. The Hall–Kier alpha value is -1.73. The Labute approximate surface area is 146 Å². The third kappa shape index (κ3) is 3.52. The molecule has 0 spiro atoms. The molecule has 1 atom stereocenters. The minimum Gasteiger partial charge on any atom is -0.385 e. The van der Waals surface area contributed by atoms with Gasteiger partial charge in [-0.2, -0.15) is 0 Å². The van der Waals surface area contributed by atoms with E-state index in [-0.39, 0.29) is 11.8 Å². The van der Waals surface area contributed by atoms with E-state index in [1.807, 2.05) is 36.6 Å². The molecule has 0 radical (unpaired) electrons. The standard InChI is InChI=1S/C17H24N4O2S/c1-11-14(19-12(2)24-11)10-15(22)21-7-4-13(5-8-21)16(23)17-18-6-9-20(17)3/h6,9,13,16,23H,4-5,7-8,10H2,1-3H3/t16-/m0/s1. The Morgan fingerprint density at radius 2 is 2.12 bits per heavy atom.